The molecule has 124 valence electrons. The number of para-hydroxylation sites is 2. The molecule has 0 saturated carbocycles. The lowest BCUT2D eigenvalue weighted by Gasteiger charge is -2.25. The van der Waals surface area contributed by atoms with Crippen molar-refractivity contribution in [3.8, 4) is 11.5 Å². The summed E-state index contributed by atoms with van der Waals surface area (Å²) in [6.45, 7) is 0.00994. The van der Waals surface area contributed by atoms with E-state index in [1.165, 1.54) is 6.07 Å². The van der Waals surface area contributed by atoms with Crippen molar-refractivity contribution >= 4 is 23.4 Å². The minimum absolute atomic E-state index is 0.00994. The molecule has 1 aliphatic rings. The smallest absolute Gasteiger partial charge is 0.283 e. The van der Waals surface area contributed by atoms with E-state index in [1.807, 2.05) is 0 Å². The van der Waals surface area contributed by atoms with E-state index < -0.39 is 23.7 Å². The molecular weight excluding hydrogens is 339 g/mol. The molecule has 0 saturated heterocycles. The second-order valence-corrected chi connectivity index (χ2v) is 5.34. The fourth-order valence-electron chi connectivity index (χ4n) is 2.09. The molecule has 2 N–H and O–H groups in total. The first-order valence-electron chi connectivity index (χ1n) is 6.98. The third-order valence-corrected chi connectivity index (χ3v) is 3.59. The summed E-state index contributed by atoms with van der Waals surface area (Å²) in [5, 5.41) is -0.0621. The molecule has 0 aliphatic carbocycles. The molecule has 1 atom stereocenters. The minimum atomic E-state index is -0.913. The molecule has 0 spiro atoms. The zero-order valence-corrected chi connectivity index (χ0v) is 13.0. The van der Waals surface area contributed by atoms with Gasteiger partial charge in [-0.2, -0.15) is 0 Å². The molecule has 2 amide bonds. The normalized spacial score (nSPS) is 15.5. The number of rotatable bonds is 2. The van der Waals surface area contributed by atoms with Crippen molar-refractivity contribution in [1.82, 2.24) is 10.9 Å². The minimum Gasteiger partial charge on any atom is -0.485 e. The van der Waals surface area contributed by atoms with Crippen LogP contribution in [0.5, 0.6) is 11.5 Å². The number of carbonyl (C=O) groups excluding carboxylic acids is 2. The number of hydrogen-bond donors (Lipinski definition) is 2. The summed E-state index contributed by atoms with van der Waals surface area (Å²) in [4.78, 5) is 24.0. The number of nitrogens with one attached hydrogen (secondary N) is 2. The molecule has 6 nitrogen and oxygen atoms in total. The zero-order valence-electron chi connectivity index (χ0n) is 12.2. The highest BCUT2D eigenvalue weighted by molar-refractivity contribution is 6.33. The molecule has 0 radical (unpaired) electrons. The Hall–Kier alpha value is -2.80. The fraction of sp³-hybridized carbons (Fsp3) is 0.125. The van der Waals surface area contributed by atoms with Crippen molar-refractivity contribution in [1.29, 1.82) is 0 Å². The third kappa shape index (κ3) is 3.41. The Bertz CT molecular complexity index is 799. The largest absolute Gasteiger partial charge is 0.485 e. The van der Waals surface area contributed by atoms with Gasteiger partial charge in [-0.3, -0.25) is 20.4 Å². The van der Waals surface area contributed by atoms with Crippen LogP contribution in [0.1, 0.15) is 10.4 Å². The highest BCUT2D eigenvalue weighted by Gasteiger charge is 2.27. The number of ether oxygens (including phenoxy) is 2. The predicted molar refractivity (Wildman–Crippen MR) is 83.4 cm³/mol. The molecular formula is C16H12ClFN2O4. The van der Waals surface area contributed by atoms with Crippen molar-refractivity contribution in [2.75, 3.05) is 6.61 Å². The lowest BCUT2D eigenvalue weighted by molar-refractivity contribution is -0.131. The van der Waals surface area contributed by atoms with Gasteiger partial charge in [0.15, 0.2) is 11.5 Å². The maximum atomic E-state index is 13.0. The van der Waals surface area contributed by atoms with Crippen molar-refractivity contribution < 1.29 is 23.5 Å². The van der Waals surface area contributed by atoms with Crippen LogP contribution in [0.25, 0.3) is 0 Å². The average molecular weight is 351 g/mol. The molecule has 0 fully saturated rings. The average Bonchev–Trinajstić information content (AvgIpc) is 2.59. The van der Waals surface area contributed by atoms with E-state index >= 15 is 0 Å². The highest BCUT2D eigenvalue weighted by atomic mass is 35.5. The molecule has 3 rings (SSSR count). The number of hydrazine groups is 1. The topological polar surface area (TPSA) is 76.7 Å². The van der Waals surface area contributed by atoms with Gasteiger partial charge in [-0.1, -0.05) is 23.7 Å². The number of carbonyl (C=O) groups is 2. The van der Waals surface area contributed by atoms with E-state index in [-0.39, 0.29) is 17.2 Å². The van der Waals surface area contributed by atoms with Gasteiger partial charge < -0.3 is 9.47 Å². The standard InChI is InChI=1S/C16H12ClFN2O4/c17-11-7-9(18)5-6-10(11)15(21)19-20-16(22)14-8-23-12-3-1-2-4-13(12)24-14/h1-7,14H,8H2,(H,19,21)(H,20,22). The van der Waals surface area contributed by atoms with E-state index in [0.29, 0.717) is 11.5 Å². The number of halogens is 2. The van der Waals surface area contributed by atoms with E-state index in [0.717, 1.165) is 12.1 Å². The molecule has 2 aromatic rings. The summed E-state index contributed by atoms with van der Waals surface area (Å²) in [7, 11) is 0. The van der Waals surface area contributed by atoms with Gasteiger partial charge in [0.2, 0.25) is 6.10 Å². The van der Waals surface area contributed by atoms with Gasteiger partial charge in [0, 0.05) is 0 Å². The number of benzene rings is 2. The first-order valence-corrected chi connectivity index (χ1v) is 7.36. The van der Waals surface area contributed by atoms with Crippen molar-refractivity contribution in [3.05, 3.63) is 58.9 Å². The van der Waals surface area contributed by atoms with Gasteiger partial charge in [0.25, 0.3) is 11.8 Å². The third-order valence-electron chi connectivity index (χ3n) is 3.28. The Balaban J connectivity index is 1.59. The molecule has 1 heterocycles. The number of fused-ring (bicyclic) bond motifs is 1. The predicted octanol–water partition coefficient (Wildman–Crippen LogP) is 2.08. The summed E-state index contributed by atoms with van der Waals surface area (Å²) in [6.07, 6.45) is -0.913. The fourth-order valence-corrected chi connectivity index (χ4v) is 2.34. The Morgan fingerprint density at radius 1 is 1.12 bits per heavy atom. The molecule has 1 aliphatic heterocycles. The zero-order chi connectivity index (χ0) is 17.1. The van der Waals surface area contributed by atoms with Crippen molar-refractivity contribution in [2.24, 2.45) is 0 Å². The Labute approximate surface area is 141 Å². The summed E-state index contributed by atoms with van der Waals surface area (Å²) in [5.41, 5.74) is 4.46. The van der Waals surface area contributed by atoms with Crippen LogP contribution in [-0.4, -0.2) is 24.5 Å². The lowest BCUT2D eigenvalue weighted by Crippen LogP contribution is -2.50. The monoisotopic (exact) mass is 350 g/mol. The number of hydrogen-bond acceptors (Lipinski definition) is 4. The van der Waals surface area contributed by atoms with Crippen molar-refractivity contribution in [3.63, 3.8) is 0 Å². The molecule has 24 heavy (non-hydrogen) atoms. The van der Waals surface area contributed by atoms with Gasteiger partial charge >= 0.3 is 0 Å². The SMILES string of the molecule is O=C(NNC(=O)C1COc2ccccc2O1)c1ccc(F)cc1Cl. The Morgan fingerprint density at radius 2 is 1.88 bits per heavy atom. The van der Waals surface area contributed by atoms with Gasteiger partial charge in [0.05, 0.1) is 10.6 Å². The number of amides is 2. The molecule has 1 unspecified atom stereocenters. The first kappa shape index (κ1) is 16.1. The van der Waals surface area contributed by atoms with Crippen LogP contribution >= 0.6 is 11.6 Å². The van der Waals surface area contributed by atoms with Crippen LogP contribution < -0.4 is 20.3 Å². The summed E-state index contributed by atoms with van der Waals surface area (Å²) >= 11 is 5.79. The molecule has 0 aromatic heterocycles. The Morgan fingerprint density at radius 3 is 2.62 bits per heavy atom. The quantitative estimate of drug-likeness (QED) is 0.813. The molecule has 2 aromatic carbocycles. The lowest BCUT2D eigenvalue weighted by atomic mass is 10.2. The maximum Gasteiger partial charge on any atom is 0.283 e. The Kier molecular flexibility index (Phi) is 4.52. The van der Waals surface area contributed by atoms with Gasteiger partial charge in [-0.05, 0) is 30.3 Å². The van der Waals surface area contributed by atoms with Crippen LogP contribution in [-0.2, 0) is 4.79 Å². The van der Waals surface area contributed by atoms with Crippen LogP contribution in [0.2, 0.25) is 5.02 Å². The molecule has 0 bridgehead atoms. The van der Waals surface area contributed by atoms with Gasteiger partial charge in [-0.15, -0.1) is 0 Å². The van der Waals surface area contributed by atoms with Crippen LogP contribution in [0.4, 0.5) is 4.39 Å². The van der Waals surface area contributed by atoms with Gasteiger partial charge in [0.1, 0.15) is 12.4 Å². The summed E-state index contributed by atoms with van der Waals surface area (Å²) in [5.74, 6) is -0.839. The highest BCUT2D eigenvalue weighted by Crippen LogP contribution is 2.30. The van der Waals surface area contributed by atoms with E-state index in [9.17, 15) is 14.0 Å². The van der Waals surface area contributed by atoms with Crippen LogP contribution in [0.15, 0.2) is 42.5 Å². The van der Waals surface area contributed by atoms with Crippen LogP contribution in [0.3, 0.4) is 0 Å². The second kappa shape index (κ2) is 6.76. The van der Waals surface area contributed by atoms with Gasteiger partial charge in [-0.25, -0.2) is 4.39 Å². The second-order valence-electron chi connectivity index (χ2n) is 4.93. The van der Waals surface area contributed by atoms with E-state index in [4.69, 9.17) is 21.1 Å². The van der Waals surface area contributed by atoms with Crippen molar-refractivity contribution in [2.45, 2.75) is 6.10 Å². The summed E-state index contributed by atoms with van der Waals surface area (Å²) < 4.78 is 23.9. The van der Waals surface area contributed by atoms with E-state index in [2.05, 4.69) is 10.9 Å². The maximum absolute atomic E-state index is 13.0. The summed E-state index contributed by atoms with van der Waals surface area (Å²) in [6, 6.07) is 10.3. The first-order chi connectivity index (χ1) is 11.5. The van der Waals surface area contributed by atoms with E-state index in [1.54, 1.807) is 24.3 Å². The molecule has 8 heteroatoms. The van der Waals surface area contributed by atoms with Crippen LogP contribution in [0, 0.1) is 5.82 Å².